The van der Waals surface area contributed by atoms with E-state index >= 15 is 0 Å². The van der Waals surface area contributed by atoms with Crippen molar-refractivity contribution in [3.05, 3.63) is 134 Å². The first-order valence-electron chi connectivity index (χ1n) is 24.2. The molecule has 1 aliphatic carbocycles. The lowest BCUT2D eigenvalue weighted by Gasteiger charge is -2.35. The summed E-state index contributed by atoms with van der Waals surface area (Å²) in [7, 11) is 0. The smallest absolute Gasteiger partial charge is 0.317 e. The zero-order chi connectivity index (χ0) is 50.5. The third kappa shape index (κ3) is 9.72. The average molecular weight is 1030 g/mol. The lowest BCUT2D eigenvalue weighted by Crippen LogP contribution is -2.49. The maximum atomic E-state index is 14.4. The summed E-state index contributed by atoms with van der Waals surface area (Å²) in [5.41, 5.74) is 8.30. The number of benzene rings is 2. The number of thiophene rings is 2. The number of aliphatic imine (C=N–C) groups is 1. The van der Waals surface area contributed by atoms with Crippen LogP contribution in [0, 0.1) is 33.6 Å². The lowest BCUT2D eigenvalue weighted by atomic mass is 9.89. The van der Waals surface area contributed by atoms with Crippen molar-refractivity contribution in [3.8, 4) is 32.7 Å². The van der Waals surface area contributed by atoms with Gasteiger partial charge >= 0.3 is 6.01 Å². The van der Waals surface area contributed by atoms with Crippen LogP contribution in [0.15, 0.2) is 89.6 Å². The molecule has 5 atom stereocenters. The number of amides is 3. The summed E-state index contributed by atoms with van der Waals surface area (Å²) >= 11 is 9.64. The van der Waals surface area contributed by atoms with Gasteiger partial charge in [0.2, 0.25) is 17.7 Å². The molecule has 19 heteroatoms. The van der Waals surface area contributed by atoms with E-state index in [-0.39, 0.29) is 67.2 Å². The maximum Gasteiger partial charge on any atom is 0.317 e. The van der Waals surface area contributed by atoms with Crippen LogP contribution >= 0.6 is 34.3 Å². The highest BCUT2D eigenvalue weighted by Crippen LogP contribution is 2.40. The molecular formula is C53H56ClN11O5S2. The van der Waals surface area contributed by atoms with Crippen LogP contribution in [0.25, 0.3) is 26.7 Å². The molecule has 3 amide bonds. The highest BCUT2D eigenvalue weighted by Gasteiger charge is 2.43. The van der Waals surface area contributed by atoms with Gasteiger partial charge in [0.05, 0.1) is 36.2 Å². The van der Waals surface area contributed by atoms with Gasteiger partial charge in [0, 0.05) is 75.7 Å². The first kappa shape index (κ1) is 49.0. The van der Waals surface area contributed by atoms with Crippen LogP contribution in [0.1, 0.15) is 109 Å². The third-order valence-electron chi connectivity index (χ3n) is 13.9. The Bertz CT molecular complexity index is 3190. The SMILES string of the molecule is Cc1ccsc1-c1ccc([C@H](C)NC(=O)[C@@H]2C[C@@H](O)CN2C(=O)[C@H](C(C)C)n2cc(-c3ccnc(OC4CC(NC(=O)C[C@@H]5N=C(c6ccc(Cl)cc6)c6c(sc(C)c6C)-n6c(C)nnc65)C4)n3)cn2)cc1. The van der Waals surface area contributed by atoms with Crippen molar-refractivity contribution in [2.45, 2.75) is 117 Å². The Morgan fingerprint density at radius 3 is 2.40 bits per heavy atom. The quantitative estimate of drug-likeness (QED) is 0.0949. The predicted molar refractivity (Wildman–Crippen MR) is 278 cm³/mol. The minimum atomic E-state index is -0.846. The highest BCUT2D eigenvalue weighted by atomic mass is 35.5. The number of aliphatic hydroxyl groups is 1. The van der Waals surface area contributed by atoms with E-state index in [2.05, 4.69) is 80.2 Å². The second-order valence-corrected chi connectivity index (χ2v) is 21.9. The third-order valence-corrected chi connectivity index (χ3v) is 16.4. The number of nitrogens with one attached hydrogen (secondary N) is 2. The van der Waals surface area contributed by atoms with Crippen molar-refractivity contribution in [3.63, 3.8) is 0 Å². The number of nitrogens with zero attached hydrogens (tertiary/aromatic N) is 9. The van der Waals surface area contributed by atoms with E-state index in [9.17, 15) is 19.5 Å². The molecule has 10 rings (SSSR count). The van der Waals surface area contributed by atoms with Crippen molar-refractivity contribution < 1.29 is 24.2 Å². The molecule has 2 fully saturated rings. The van der Waals surface area contributed by atoms with Crippen molar-refractivity contribution in [2.75, 3.05) is 6.54 Å². The summed E-state index contributed by atoms with van der Waals surface area (Å²) in [4.78, 5) is 60.2. The molecule has 2 aromatic carbocycles. The standard InChI is InChI=1S/C53H56ClN11O5S2/c1-27(2)47(51(69)63-26-39(66)22-43(63)50(68)57-30(5)33-8-10-35(11-9-33)48-28(3)17-19-71-48)64-25-36(24-56-64)41-16-18-55-53(60-41)70-40-20-38(21-40)58-44(67)23-42-49-62-61-32(7)65(49)52-45(29(4)31(6)72-52)46(59-42)34-12-14-37(54)15-13-34/h8-19,24-25,27,30,38-40,42-43,47,66H,20-23,26H2,1-7H3,(H,57,68)(H,58,67)/t30-,38?,39+,40?,42-,43-,47-/m0/s1. The van der Waals surface area contributed by atoms with Crippen LogP contribution in [0.5, 0.6) is 6.01 Å². The summed E-state index contributed by atoms with van der Waals surface area (Å²) in [5, 5.41) is 34.3. The van der Waals surface area contributed by atoms with Crippen LogP contribution in [0.4, 0.5) is 0 Å². The second kappa shape index (κ2) is 20.1. The van der Waals surface area contributed by atoms with E-state index in [4.69, 9.17) is 21.3 Å². The number of carbonyl (C=O) groups is 3. The fraction of sp³-hybridized carbons (Fsp3) is 0.377. The first-order chi connectivity index (χ1) is 34.6. The minimum Gasteiger partial charge on any atom is -0.460 e. The van der Waals surface area contributed by atoms with Crippen molar-refractivity contribution in [1.29, 1.82) is 0 Å². The molecule has 0 unspecified atom stereocenters. The van der Waals surface area contributed by atoms with Crippen LogP contribution < -0.4 is 15.4 Å². The molecule has 0 bridgehead atoms. The average Bonchev–Trinajstić information content (AvgIpc) is 4.19. The van der Waals surface area contributed by atoms with E-state index in [1.807, 2.05) is 68.7 Å². The van der Waals surface area contributed by atoms with Gasteiger partial charge in [0.25, 0.3) is 0 Å². The zero-order valence-electron chi connectivity index (χ0n) is 41.0. The molecular weight excluding hydrogens is 970 g/mol. The molecule has 7 aromatic rings. The van der Waals surface area contributed by atoms with E-state index in [1.165, 1.54) is 20.2 Å². The van der Waals surface area contributed by atoms with Gasteiger partial charge in [0.15, 0.2) is 5.82 Å². The molecule has 3 N–H and O–H groups in total. The van der Waals surface area contributed by atoms with Gasteiger partial charge < -0.3 is 25.4 Å². The number of β-amino-alcohol motifs (C(OH)–C–C–N with tert-alkyl or cyclic N) is 1. The van der Waals surface area contributed by atoms with Crippen molar-refractivity contribution in [1.82, 2.24) is 50.0 Å². The fourth-order valence-electron chi connectivity index (χ4n) is 9.87. The number of aryl methyl sites for hydroxylation is 3. The molecule has 2 aliphatic heterocycles. The van der Waals surface area contributed by atoms with Crippen LogP contribution in [0.3, 0.4) is 0 Å². The Morgan fingerprint density at radius 2 is 1.68 bits per heavy atom. The Labute approximate surface area is 430 Å². The molecule has 1 saturated heterocycles. The number of likely N-dealkylation sites (tertiary alicyclic amines) is 1. The summed E-state index contributed by atoms with van der Waals surface area (Å²) in [6.45, 7) is 14.0. The molecule has 3 aliphatic rings. The molecule has 16 nitrogen and oxygen atoms in total. The molecule has 372 valence electrons. The maximum absolute atomic E-state index is 14.4. The molecule has 72 heavy (non-hydrogen) atoms. The molecule has 7 heterocycles. The summed E-state index contributed by atoms with van der Waals surface area (Å²) in [5.74, 6) is 0.363. The number of aromatic nitrogens is 7. The summed E-state index contributed by atoms with van der Waals surface area (Å²) in [6, 6.07) is 17.2. The number of carbonyl (C=O) groups excluding carboxylic acids is 3. The highest BCUT2D eigenvalue weighted by molar-refractivity contribution is 7.15. The van der Waals surface area contributed by atoms with E-state index in [0.717, 1.165) is 44.4 Å². The van der Waals surface area contributed by atoms with Gasteiger partial charge in [-0.3, -0.25) is 28.6 Å². The van der Waals surface area contributed by atoms with E-state index < -0.39 is 24.2 Å². The number of halogens is 1. The number of rotatable bonds is 14. The Hall–Kier alpha value is -6.60. The van der Waals surface area contributed by atoms with Crippen LogP contribution in [-0.4, -0.2) is 98.8 Å². The van der Waals surface area contributed by atoms with Gasteiger partial charge in [0.1, 0.15) is 35.1 Å². The Morgan fingerprint density at radius 1 is 0.931 bits per heavy atom. The number of ether oxygens (including phenoxy) is 1. The monoisotopic (exact) mass is 1030 g/mol. The van der Waals surface area contributed by atoms with E-state index in [0.29, 0.717) is 34.9 Å². The number of hydrogen-bond acceptors (Lipinski definition) is 13. The van der Waals surface area contributed by atoms with Gasteiger partial charge in [-0.1, -0.05) is 61.8 Å². The van der Waals surface area contributed by atoms with Crippen molar-refractivity contribution >= 4 is 57.7 Å². The Balaban J connectivity index is 0.762. The van der Waals surface area contributed by atoms with Crippen LogP contribution in [-0.2, 0) is 14.4 Å². The molecule has 0 spiro atoms. The van der Waals surface area contributed by atoms with Gasteiger partial charge in [-0.05, 0) is 92.4 Å². The number of fused-ring (bicyclic) bond motifs is 3. The topological polar surface area (TPSA) is 195 Å². The summed E-state index contributed by atoms with van der Waals surface area (Å²) in [6.07, 6.45) is 5.29. The largest absolute Gasteiger partial charge is 0.460 e. The molecule has 0 radical (unpaired) electrons. The number of aliphatic hydroxyl groups excluding tert-OH is 1. The molecule has 5 aromatic heterocycles. The second-order valence-electron chi connectivity index (χ2n) is 19.4. The van der Waals surface area contributed by atoms with Gasteiger partial charge in [-0.2, -0.15) is 10.1 Å². The fourth-order valence-corrected chi connectivity index (χ4v) is 12.1. The Kier molecular flexibility index (Phi) is 13.7. The molecule has 1 saturated carbocycles. The lowest BCUT2D eigenvalue weighted by molar-refractivity contribution is -0.142. The van der Waals surface area contributed by atoms with Crippen molar-refractivity contribution in [2.24, 2.45) is 10.9 Å². The zero-order valence-corrected chi connectivity index (χ0v) is 43.4. The van der Waals surface area contributed by atoms with Gasteiger partial charge in [-0.15, -0.1) is 32.9 Å². The normalized spacial score (nSPS) is 20.2. The number of hydrogen-bond donors (Lipinski definition) is 3. The van der Waals surface area contributed by atoms with Gasteiger partial charge in [-0.25, -0.2) is 4.98 Å². The predicted octanol–water partition coefficient (Wildman–Crippen LogP) is 8.64. The first-order valence-corrected chi connectivity index (χ1v) is 26.3. The van der Waals surface area contributed by atoms with E-state index in [1.54, 1.807) is 52.0 Å². The van der Waals surface area contributed by atoms with Crippen LogP contribution in [0.2, 0.25) is 5.02 Å². The summed E-state index contributed by atoms with van der Waals surface area (Å²) < 4.78 is 9.85. The minimum absolute atomic E-state index is 0.0382.